The number of carbonyl (C=O) groups is 2. The van der Waals surface area contributed by atoms with Gasteiger partial charge in [-0.1, -0.05) is 0 Å². The first kappa shape index (κ1) is 21.8. The summed E-state index contributed by atoms with van der Waals surface area (Å²) < 4.78 is 6.95. The van der Waals surface area contributed by atoms with Crippen LogP contribution >= 0.6 is 11.3 Å². The van der Waals surface area contributed by atoms with Crippen molar-refractivity contribution in [2.45, 2.75) is 45.2 Å². The van der Waals surface area contributed by atoms with Gasteiger partial charge in [0.15, 0.2) is 12.4 Å². The summed E-state index contributed by atoms with van der Waals surface area (Å²) in [7, 11) is 3.83. The molecule has 0 radical (unpaired) electrons. The third-order valence-corrected chi connectivity index (χ3v) is 7.40. The minimum absolute atomic E-state index is 0.0450. The summed E-state index contributed by atoms with van der Waals surface area (Å²) in [5.41, 5.74) is 1.83. The predicted molar refractivity (Wildman–Crippen MR) is 128 cm³/mol. The average Bonchev–Trinajstić information content (AvgIpc) is 3.16. The van der Waals surface area contributed by atoms with Gasteiger partial charge in [0.1, 0.15) is 16.4 Å². The molecular weight excluding hydrogens is 440 g/mol. The van der Waals surface area contributed by atoms with Crippen molar-refractivity contribution < 1.29 is 14.3 Å². The van der Waals surface area contributed by atoms with Crippen molar-refractivity contribution in [3.05, 3.63) is 50.4 Å². The maximum Gasteiger partial charge on any atom is 0.263 e. The molecule has 0 spiro atoms. The maximum absolute atomic E-state index is 13.8. The average molecular weight is 467 g/mol. The van der Waals surface area contributed by atoms with Crippen molar-refractivity contribution in [1.29, 1.82) is 0 Å². The van der Waals surface area contributed by atoms with Gasteiger partial charge < -0.3 is 15.0 Å². The van der Waals surface area contributed by atoms with Gasteiger partial charge in [0.05, 0.1) is 23.7 Å². The summed E-state index contributed by atoms with van der Waals surface area (Å²) in [4.78, 5) is 47.8. The van der Waals surface area contributed by atoms with E-state index in [9.17, 15) is 14.4 Å². The minimum atomic E-state index is -0.748. The Hall–Kier alpha value is -3.04. The molecule has 172 valence electrons. The molecule has 0 fully saturated rings. The van der Waals surface area contributed by atoms with Crippen molar-refractivity contribution >= 4 is 38.9 Å². The number of fused-ring (bicyclic) bond motifs is 4. The monoisotopic (exact) mass is 466 g/mol. The first-order chi connectivity index (χ1) is 15.8. The number of ether oxygens (including phenoxy) is 1. The molecule has 33 heavy (non-hydrogen) atoms. The number of thiophene rings is 1. The van der Waals surface area contributed by atoms with Gasteiger partial charge in [0.25, 0.3) is 11.5 Å². The van der Waals surface area contributed by atoms with E-state index >= 15 is 0 Å². The third kappa shape index (κ3) is 3.85. The Bertz CT molecular complexity index is 1340. The number of ketones is 1. The number of hydrogen-bond donors (Lipinski definition) is 1. The van der Waals surface area contributed by atoms with Crippen LogP contribution in [0.25, 0.3) is 10.2 Å². The quantitative estimate of drug-likeness (QED) is 0.581. The lowest BCUT2D eigenvalue weighted by molar-refractivity contribution is -0.118. The van der Waals surface area contributed by atoms with Gasteiger partial charge in [-0.3, -0.25) is 19.0 Å². The Labute approximate surface area is 195 Å². The van der Waals surface area contributed by atoms with Crippen molar-refractivity contribution in [2.75, 3.05) is 26.0 Å². The molecule has 5 rings (SSSR count). The van der Waals surface area contributed by atoms with Crippen LogP contribution in [-0.2, 0) is 24.2 Å². The number of nitrogens with zero attached hydrogens (tertiary/aromatic N) is 3. The SMILES string of the molecule is CC(C(=O)c1ccc2c(c1)NC(=O)CO2)n1c(CN(C)C)nc2sc3c(c2c1=O)CCCC3. The molecule has 2 aliphatic rings. The Morgan fingerprint density at radius 1 is 1.27 bits per heavy atom. The van der Waals surface area contributed by atoms with Crippen molar-refractivity contribution in [1.82, 2.24) is 14.5 Å². The van der Waals surface area contributed by atoms with Crippen LogP contribution in [-0.4, -0.2) is 46.8 Å². The van der Waals surface area contributed by atoms with Crippen molar-refractivity contribution in [2.24, 2.45) is 0 Å². The number of aryl methyl sites for hydroxylation is 2. The van der Waals surface area contributed by atoms with Crippen LogP contribution in [0.4, 0.5) is 5.69 Å². The van der Waals surface area contributed by atoms with Crippen LogP contribution in [0.5, 0.6) is 5.75 Å². The molecule has 1 aliphatic carbocycles. The lowest BCUT2D eigenvalue weighted by atomic mass is 9.97. The second-order valence-electron chi connectivity index (χ2n) is 8.92. The molecule has 8 nitrogen and oxygen atoms in total. The molecular formula is C24H26N4O4S. The van der Waals surface area contributed by atoms with E-state index in [1.807, 2.05) is 19.0 Å². The fourth-order valence-corrected chi connectivity index (χ4v) is 5.92. The molecule has 3 heterocycles. The molecule has 1 N–H and O–H groups in total. The summed E-state index contributed by atoms with van der Waals surface area (Å²) in [6.07, 6.45) is 4.06. The van der Waals surface area contributed by atoms with E-state index in [0.717, 1.165) is 36.1 Å². The van der Waals surface area contributed by atoms with Gasteiger partial charge in [-0.15, -0.1) is 11.3 Å². The molecule has 0 saturated heterocycles. The summed E-state index contributed by atoms with van der Waals surface area (Å²) in [5.74, 6) is 0.621. The summed E-state index contributed by atoms with van der Waals surface area (Å²) >= 11 is 1.61. The molecule has 2 aromatic heterocycles. The molecule has 0 saturated carbocycles. The topological polar surface area (TPSA) is 93.5 Å². The third-order valence-electron chi connectivity index (χ3n) is 6.22. The first-order valence-electron chi connectivity index (χ1n) is 11.1. The number of nitrogens with one attached hydrogen (secondary N) is 1. The van der Waals surface area contributed by atoms with Crippen LogP contribution in [0.1, 0.15) is 52.4 Å². The summed E-state index contributed by atoms with van der Waals surface area (Å²) in [5, 5.41) is 3.40. The summed E-state index contributed by atoms with van der Waals surface area (Å²) in [6, 6.07) is 4.21. The zero-order chi connectivity index (χ0) is 23.3. The number of aromatic nitrogens is 2. The molecule has 9 heteroatoms. The van der Waals surface area contributed by atoms with E-state index in [2.05, 4.69) is 5.32 Å². The Balaban J connectivity index is 1.61. The Morgan fingerprint density at radius 2 is 2.06 bits per heavy atom. The van der Waals surface area contributed by atoms with Gasteiger partial charge in [0.2, 0.25) is 0 Å². The highest BCUT2D eigenvalue weighted by Gasteiger charge is 2.28. The molecule has 1 atom stereocenters. The Morgan fingerprint density at radius 3 is 2.85 bits per heavy atom. The van der Waals surface area contributed by atoms with E-state index in [4.69, 9.17) is 9.72 Å². The molecule has 1 amide bonds. The van der Waals surface area contributed by atoms with Gasteiger partial charge in [-0.05, 0) is 70.5 Å². The number of rotatable bonds is 5. The largest absolute Gasteiger partial charge is 0.482 e. The number of carbonyl (C=O) groups excluding carboxylic acids is 2. The normalized spacial score (nSPS) is 16.2. The van der Waals surface area contributed by atoms with Gasteiger partial charge in [-0.25, -0.2) is 4.98 Å². The minimum Gasteiger partial charge on any atom is -0.482 e. The fraction of sp³-hybridized carbons (Fsp3) is 0.417. The fourth-order valence-electron chi connectivity index (χ4n) is 4.65. The van der Waals surface area contributed by atoms with Crippen LogP contribution in [0.3, 0.4) is 0 Å². The van der Waals surface area contributed by atoms with Crippen LogP contribution in [0.15, 0.2) is 23.0 Å². The van der Waals surface area contributed by atoms with Gasteiger partial charge in [0, 0.05) is 10.4 Å². The van der Waals surface area contributed by atoms with Crippen LogP contribution < -0.4 is 15.6 Å². The second-order valence-corrected chi connectivity index (χ2v) is 10.0. The highest BCUT2D eigenvalue weighted by atomic mass is 32.1. The summed E-state index contributed by atoms with van der Waals surface area (Å²) in [6.45, 7) is 2.14. The van der Waals surface area contributed by atoms with Gasteiger partial charge in [-0.2, -0.15) is 0 Å². The number of hydrogen-bond acceptors (Lipinski definition) is 7. The zero-order valence-electron chi connectivity index (χ0n) is 18.9. The lowest BCUT2D eigenvalue weighted by Crippen LogP contribution is -2.34. The van der Waals surface area contributed by atoms with E-state index in [1.54, 1.807) is 41.0 Å². The standard InChI is InChI=1S/C24H26N4O4S/c1-13(22(30)14-8-9-17-16(10-14)25-20(29)12-32-17)28-19(11-27(2)3)26-23-21(24(28)31)15-6-4-5-7-18(15)33-23/h8-10,13H,4-7,11-12H2,1-3H3,(H,25,29). The smallest absolute Gasteiger partial charge is 0.263 e. The number of anilines is 1. The molecule has 1 unspecified atom stereocenters. The van der Waals surface area contributed by atoms with Crippen LogP contribution in [0, 0.1) is 0 Å². The molecule has 3 aromatic rings. The van der Waals surface area contributed by atoms with Crippen LogP contribution in [0.2, 0.25) is 0 Å². The number of Topliss-reactive ketones (excluding diaryl/α,β-unsaturated/α-hetero) is 1. The number of amides is 1. The van der Waals surface area contributed by atoms with E-state index in [1.165, 1.54) is 4.88 Å². The Kier molecular flexibility index (Phi) is 5.54. The van der Waals surface area contributed by atoms with E-state index in [0.29, 0.717) is 34.8 Å². The van der Waals surface area contributed by atoms with Gasteiger partial charge >= 0.3 is 0 Å². The second kappa shape index (κ2) is 8.39. The molecule has 1 aliphatic heterocycles. The first-order valence-corrected chi connectivity index (χ1v) is 12.0. The molecule has 0 bridgehead atoms. The highest BCUT2D eigenvalue weighted by Crippen LogP contribution is 2.35. The highest BCUT2D eigenvalue weighted by molar-refractivity contribution is 7.18. The predicted octanol–water partition coefficient (Wildman–Crippen LogP) is 3.17. The van der Waals surface area contributed by atoms with Crippen molar-refractivity contribution in [3.8, 4) is 5.75 Å². The maximum atomic E-state index is 13.8. The lowest BCUT2D eigenvalue weighted by Gasteiger charge is -2.22. The molecule has 1 aromatic carbocycles. The zero-order valence-corrected chi connectivity index (χ0v) is 19.8. The van der Waals surface area contributed by atoms with E-state index in [-0.39, 0.29) is 23.9 Å². The van der Waals surface area contributed by atoms with Crippen molar-refractivity contribution in [3.63, 3.8) is 0 Å². The van der Waals surface area contributed by atoms with E-state index < -0.39 is 6.04 Å². The number of benzene rings is 1.